The van der Waals surface area contributed by atoms with Crippen LogP contribution in [0.4, 0.5) is 0 Å². The summed E-state index contributed by atoms with van der Waals surface area (Å²) in [6.07, 6.45) is 0. The molecule has 0 fully saturated rings. The zero-order chi connectivity index (χ0) is 56.2. The van der Waals surface area contributed by atoms with Crippen LogP contribution in [-0.2, 0) is 0 Å². The van der Waals surface area contributed by atoms with Gasteiger partial charge in [-0.25, -0.2) is 0 Å². The van der Waals surface area contributed by atoms with Crippen molar-refractivity contribution in [3.8, 4) is 61.6 Å². The number of hydrogen-bond donors (Lipinski definition) is 0. The van der Waals surface area contributed by atoms with E-state index >= 15 is 0 Å². The van der Waals surface area contributed by atoms with E-state index in [2.05, 4.69) is 294 Å². The minimum Gasteiger partial charge on any atom is -0.310 e. The zero-order valence-electron chi connectivity index (χ0n) is 47.5. The largest absolute Gasteiger partial charge is 0.310 e. The van der Waals surface area contributed by atoms with Crippen molar-refractivity contribution in [2.75, 3.05) is 0 Å². The number of rotatable bonds is 1. The van der Waals surface area contributed by atoms with Crippen molar-refractivity contribution >= 4 is 135 Å². The summed E-state index contributed by atoms with van der Waals surface area (Å²) in [5, 5.41) is 8.14. The van der Waals surface area contributed by atoms with Crippen LogP contribution in [0.25, 0.3) is 127 Å². The molecule has 22 rings (SSSR count). The molecule has 6 aliphatic heterocycles. The van der Waals surface area contributed by atoms with Gasteiger partial charge in [0.2, 0.25) is 20.1 Å². The van der Waals surface area contributed by atoms with Gasteiger partial charge in [-0.2, -0.15) is 0 Å². The maximum absolute atomic E-state index is 2.50. The molecule has 0 saturated carbocycles. The van der Waals surface area contributed by atoms with Gasteiger partial charge in [0.1, 0.15) is 0 Å². The van der Waals surface area contributed by atoms with Crippen molar-refractivity contribution in [3.63, 3.8) is 0 Å². The molecule has 0 aliphatic carbocycles. The predicted octanol–water partition coefficient (Wildman–Crippen LogP) is 13.1. The fourth-order valence-corrected chi connectivity index (χ4v) is 17.0. The first-order chi connectivity index (χ1) is 42.6. The molecular formula is C80H50B3N3. The smallest absolute Gasteiger partial charge is 0.248 e. The molecule has 16 aromatic rings. The van der Waals surface area contributed by atoms with Gasteiger partial charge in [0.05, 0.1) is 16.6 Å². The highest BCUT2D eigenvalue weighted by Gasteiger charge is 2.44. The Bertz CT molecular complexity index is 5720. The Morgan fingerprint density at radius 2 is 0.628 bits per heavy atom. The lowest BCUT2D eigenvalue weighted by Gasteiger charge is -2.24. The normalized spacial score (nSPS) is 13.2. The molecular weight excluding hydrogens is 1040 g/mol. The number of aromatic nitrogens is 3. The van der Waals surface area contributed by atoms with Crippen molar-refractivity contribution in [2.24, 2.45) is 0 Å². The third-order valence-electron chi connectivity index (χ3n) is 20.3. The van der Waals surface area contributed by atoms with E-state index < -0.39 is 0 Å². The summed E-state index contributed by atoms with van der Waals surface area (Å²) in [6, 6.07) is 99.1. The lowest BCUT2D eigenvalue weighted by Crippen LogP contribution is -2.53. The molecule has 0 atom stereocenters. The van der Waals surface area contributed by atoms with Crippen molar-refractivity contribution < 1.29 is 0 Å². The Balaban J connectivity index is 0.0000000920. The molecule has 0 amide bonds. The van der Waals surface area contributed by atoms with Crippen LogP contribution in [0.2, 0.25) is 0 Å². The molecule has 394 valence electrons. The monoisotopic (exact) mass is 1090 g/mol. The van der Waals surface area contributed by atoms with E-state index in [4.69, 9.17) is 0 Å². The summed E-state index contributed by atoms with van der Waals surface area (Å²) in [5.74, 6) is 0. The van der Waals surface area contributed by atoms with E-state index in [0.29, 0.717) is 20.1 Å². The van der Waals surface area contributed by atoms with Gasteiger partial charge in [0.15, 0.2) is 0 Å². The predicted molar refractivity (Wildman–Crippen MR) is 368 cm³/mol. The second-order valence-electron chi connectivity index (χ2n) is 24.7. The van der Waals surface area contributed by atoms with Gasteiger partial charge in [0, 0.05) is 65.9 Å². The van der Waals surface area contributed by atoms with Crippen molar-refractivity contribution in [2.45, 2.75) is 13.8 Å². The van der Waals surface area contributed by atoms with Gasteiger partial charge in [-0.1, -0.05) is 246 Å². The average molecular weight is 1090 g/mol. The Kier molecular flexibility index (Phi) is 9.30. The molecule has 3 aromatic heterocycles. The highest BCUT2D eigenvalue weighted by Crippen LogP contribution is 2.42. The standard InChI is InChI=1S/C30H18BN.2C25H16BN/c1-2-8-19(9-3-1)20-14-17-25-24(18-20)22-15-16-23-21-10-4-6-12-27(21)32-28-13-7-5-11-26(28)31(25)29(22)30(23)32;1-15-10-13-20-19(14-15)17-11-12-18-16-6-2-4-8-22(16)27-23-9-5-3-7-21(23)26(20)24(17)25(18)27;1-15-10-13-22-19(14-15)18-12-11-17-16-6-2-3-7-20(16)26-21-8-4-5-9-23(21)27(22)25(18)24(17)26/h1-18H;2*2-14H,1H3. The number of benzene rings is 13. The van der Waals surface area contributed by atoms with Gasteiger partial charge in [-0.15, -0.1) is 0 Å². The van der Waals surface area contributed by atoms with Gasteiger partial charge < -0.3 is 13.7 Å². The lowest BCUT2D eigenvalue weighted by atomic mass is 9.37. The van der Waals surface area contributed by atoms with Gasteiger partial charge in [-0.3, -0.25) is 0 Å². The number of aryl methyl sites for hydroxylation is 2. The van der Waals surface area contributed by atoms with Crippen LogP contribution in [0.5, 0.6) is 0 Å². The van der Waals surface area contributed by atoms with Crippen LogP contribution >= 0.6 is 0 Å². The Morgan fingerprint density at radius 3 is 1.19 bits per heavy atom. The first-order valence-corrected chi connectivity index (χ1v) is 30.4. The molecule has 0 radical (unpaired) electrons. The van der Waals surface area contributed by atoms with Crippen LogP contribution in [-0.4, -0.2) is 33.8 Å². The van der Waals surface area contributed by atoms with E-state index in [1.807, 2.05) is 0 Å². The summed E-state index contributed by atoms with van der Waals surface area (Å²) >= 11 is 0. The highest BCUT2D eigenvalue weighted by molar-refractivity contribution is 7.03. The van der Waals surface area contributed by atoms with Gasteiger partial charge in [0.25, 0.3) is 0 Å². The van der Waals surface area contributed by atoms with Gasteiger partial charge in [-0.05, 0) is 140 Å². The zero-order valence-corrected chi connectivity index (χ0v) is 47.5. The number of hydrogen-bond acceptors (Lipinski definition) is 0. The van der Waals surface area contributed by atoms with Crippen molar-refractivity contribution in [1.82, 2.24) is 13.7 Å². The topological polar surface area (TPSA) is 14.8 Å². The van der Waals surface area contributed by atoms with Gasteiger partial charge >= 0.3 is 0 Å². The molecule has 6 heteroatoms. The van der Waals surface area contributed by atoms with E-state index in [1.165, 1.54) is 187 Å². The fraction of sp³-hybridized carbons (Fsp3) is 0.0250. The Labute approximate surface area is 498 Å². The summed E-state index contributed by atoms with van der Waals surface area (Å²) in [6.45, 7) is 5.35. The quantitative estimate of drug-likeness (QED) is 0.146. The van der Waals surface area contributed by atoms with E-state index in [-0.39, 0.29) is 0 Å². The molecule has 0 bridgehead atoms. The fourth-order valence-electron chi connectivity index (χ4n) is 17.0. The first-order valence-electron chi connectivity index (χ1n) is 30.4. The molecule has 3 nitrogen and oxygen atoms in total. The minimum atomic E-state index is 0.293. The van der Waals surface area contributed by atoms with Crippen LogP contribution < -0.4 is 49.2 Å². The molecule has 86 heavy (non-hydrogen) atoms. The van der Waals surface area contributed by atoms with Crippen LogP contribution in [0.1, 0.15) is 11.1 Å². The minimum absolute atomic E-state index is 0.293. The summed E-state index contributed by atoms with van der Waals surface area (Å²) in [7, 11) is 0. The molecule has 13 aromatic carbocycles. The number of fused-ring (bicyclic) bond motifs is 27. The molecule has 0 saturated heterocycles. The van der Waals surface area contributed by atoms with Crippen LogP contribution in [0.3, 0.4) is 0 Å². The van der Waals surface area contributed by atoms with Crippen LogP contribution in [0, 0.1) is 13.8 Å². The SMILES string of the molecule is Cc1ccc2c(c1)-c1ccc3c4ccccc4n4c3c1B2c1ccccc1-4.Cc1ccc2c(c1)c1ccc3c4c1n2-c1ccccc1B4c1ccccc1-3.c1ccc(-c2ccc3c(c2)-c2ccc4c5ccccc5n5c4c2B3c2ccccc2-5)cc1. The second-order valence-corrected chi connectivity index (χ2v) is 24.7. The van der Waals surface area contributed by atoms with Crippen LogP contribution in [0.15, 0.2) is 267 Å². The maximum atomic E-state index is 2.50. The molecule has 6 aliphatic rings. The second kappa shape index (κ2) is 17.1. The number of nitrogens with zero attached hydrogens (tertiary/aromatic N) is 3. The Hall–Kier alpha value is -10.5. The third-order valence-corrected chi connectivity index (χ3v) is 20.3. The van der Waals surface area contributed by atoms with E-state index in [1.54, 1.807) is 0 Å². The Morgan fingerprint density at radius 1 is 0.233 bits per heavy atom. The lowest BCUT2D eigenvalue weighted by molar-refractivity contribution is 1.19. The van der Waals surface area contributed by atoms with Crippen molar-refractivity contribution in [3.05, 3.63) is 278 Å². The highest BCUT2D eigenvalue weighted by atomic mass is 15.0. The first kappa shape index (κ1) is 46.9. The maximum Gasteiger partial charge on any atom is 0.248 e. The summed E-state index contributed by atoms with van der Waals surface area (Å²) in [5.41, 5.74) is 38.6. The molecule has 0 spiro atoms. The average Bonchev–Trinajstić information content (AvgIpc) is 1.60. The third kappa shape index (κ3) is 6.00. The summed E-state index contributed by atoms with van der Waals surface area (Å²) in [4.78, 5) is 0. The summed E-state index contributed by atoms with van der Waals surface area (Å²) < 4.78 is 7.49. The van der Waals surface area contributed by atoms with E-state index in [0.717, 1.165) is 0 Å². The molecule has 9 heterocycles. The van der Waals surface area contributed by atoms with E-state index in [9.17, 15) is 0 Å². The molecule has 0 N–H and O–H groups in total. The number of para-hydroxylation sites is 5. The molecule has 0 unspecified atom stereocenters. The van der Waals surface area contributed by atoms with Crippen molar-refractivity contribution in [1.29, 1.82) is 0 Å².